The minimum Gasteiger partial charge on any atom is -0.405 e. The molecule has 0 unspecified atom stereocenters. The molecule has 1 saturated heterocycles. The molecule has 4 bridgehead atoms. The molecule has 0 radical (unpaired) electrons. The number of aromatic nitrogens is 2. The first kappa shape index (κ1) is 18.3. The van der Waals surface area contributed by atoms with Gasteiger partial charge < -0.3 is 20.1 Å². The number of hydrogen-bond acceptors (Lipinski definition) is 5. The lowest BCUT2D eigenvalue weighted by Crippen LogP contribution is -2.56. The van der Waals surface area contributed by atoms with E-state index < -0.39 is 0 Å². The first-order chi connectivity index (χ1) is 13.6. The van der Waals surface area contributed by atoms with Crippen LogP contribution in [0, 0.1) is 29.6 Å². The van der Waals surface area contributed by atoms with E-state index in [2.05, 4.69) is 15.3 Å². The zero-order valence-corrected chi connectivity index (χ0v) is 16.7. The summed E-state index contributed by atoms with van der Waals surface area (Å²) in [5.41, 5.74) is 0. The number of amides is 1. The predicted molar refractivity (Wildman–Crippen MR) is 105 cm³/mol. The summed E-state index contributed by atoms with van der Waals surface area (Å²) in [7, 11) is 1.88. The number of anilines is 1. The van der Waals surface area contributed by atoms with Gasteiger partial charge in [-0.2, -0.15) is 5.10 Å². The molecule has 2 heterocycles. The molecule has 7 nitrogen and oxygen atoms in total. The minimum atomic E-state index is -0.336. The third-order valence-corrected chi connectivity index (χ3v) is 7.76. The molecule has 0 atom stereocenters. The third-order valence-electron chi connectivity index (χ3n) is 7.76. The number of carbonyl (C=O) groups is 1. The number of nitrogens with zero attached hydrogens (tertiary/aromatic N) is 3. The molecule has 5 aliphatic rings. The van der Waals surface area contributed by atoms with Crippen LogP contribution >= 0.6 is 0 Å². The van der Waals surface area contributed by atoms with E-state index in [0.29, 0.717) is 23.5 Å². The summed E-state index contributed by atoms with van der Waals surface area (Å²) in [6, 6.07) is 0.278. The van der Waals surface area contributed by atoms with E-state index >= 15 is 0 Å². The molecular formula is C21H32N4O3. The second kappa shape index (κ2) is 7.25. The number of nitrogens with one attached hydrogen (secondary N) is 1. The fourth-order valence-electron chi connectivity index (χ4n) is 6.60. The van der Waals surface area contributed by atoms with Gasteiger partial charge in [-0.25, -0.2) is 9.48 Å². The Morgan fingerprint density at radius 1 is 1.18 bits per heavy atom. The van der Waals surface area contributed by atoms with Gasteiger partial charge in [-0.3, -0.25) is 0 Å². The third kappa shape index (κ3) is 3.27. The minimum absolute atomic E-state index is 0.246. The zero-order valence-electron chi connectivity index (χ0n) is 16.7. The number of ether oxygens (including phenoxy) is 1. The number of carbonyl (C=O) groups excluding carboxylic acids is 1. The summed E-state index contributed by atoms with van der Waals surface area (Å²) in [4.78, 5) is 14.9. The van der Waals surface area contributed by atoms with Crippen LogP contribution in [-0.2, 0) is 7.05 Å². The van der Waals surface area contributed by atoms with Gasteiger partial charge in [0.15, 0.2) is 11.6 Å². The van der Waals surface area contributed by atoms with E-state index in [0.717, 1.165) is 43.6 Å². The van der Waals surface area contributed by atoms with Crippen molar-refractivity contribution in [2.75, 3.05) is 24.6 Å². The lowest BCUT2D eigenvalue weighted by atomic mass is 9.54. The van der Waals surface area contributed by atoms with Crippen LogP contribution in [0.5, 0.6) is 5.75 Å². The van der Waals surface area contributed by atoms with E-state index in [-0.39, 0.29) is 18.7 Å². The zero-order chi connectivity index (χ0) is 19.3. The van der Waals surface area contributed by atoms with Crippen molar-refractivity contribution in [1.29, 1.82) is 0 Å². The van der Waals surface area contributed by atoms with Crippen LogP contribution in [-0.4, -0.2) is 46.7 Å². The smallest absolute Gasteiger partial charge is 0.405 e. The fraction of sp³-hybridized carbons (Fsp3) is 0.810. The van der Waals surface area contributed by atoms with Crippen LogP contribution < -0.4 is 15.0 Å². The number of hydrogen-bond donors (Lipinski definition) is 2. The Labute approximate surface area is 166 Å². The molecule has 154 valence electrons. The van der Waals surface area contributed by atoms with Crippen molar-refractivity contribution in [3.05, 3.63) is 6.20 Å². The number of aliphatic hydroxyl groups is 1. The lowest BCUT2D eigenvalue weighted by molar-refractivity contribution is -0.0114. The van der Waals surface area contributed by atoms with Crippen LogP contribution in [0.1, 0.15) is 44.9 Å². The molecule has 28 heavy (non-hydrogen) atoms. The lowest BCUT2D eigenvalue weighted by Gasteiger charge is -2.54. The summed E-state index contributed by atoms with van der Waals surface area (Å²) in [5, 5.41) is 16.9. The molecule has 0 aromatic carbocycles. The van der Waals surface area contributed by atoms with Gasteiger partial charge in [-0.1, -0.05) is 0 Å². The van der Waals surface area contributed by atoms with Crippen molar-refractivity contribution in [1.82, 2.24) is 15.1 Å². The quantitative estimate of drug-likeness (QED) is 0.829. The van der Waals surface area contributed by atoms with Crippen molar-refractivity contribution in [3.63, 3.8) is 0 Å². The summed E-state index contributed by atoms with van der Waals surface area (Å²) in [6.07, 6.45) is 9.71. The van der Waals surface area contributed by atoms with Crippen molar-refractivity contribution in [3.8, 4) is 5.75 Å². The molecule has 4 aliphatic carbocycles. The molecule has 1 aromatic heterocycles. The van der Waals surface area contributed by atoms with Gasteiger partial charge in [0, 0.05) is 32.8 Å². The largest absolute Gasteiger partial charge is 0.413 e. The normalized spacial score (nSPS) is 34.6. The monoisotopic (exact) mass is 388 g/mol. The predicted octanol–water partition coefficient (Wildman–Crippen LogP) is 2.54. The van der Waals surface area contributed by atoms with E-state index in [1.807, 2.05) is 7.05 Å². The molecule has 1 aromatic rings. The van der Waals surface area contributed by atoms with Gasteiger partial charge in [0.2, 0.25) is 0 Å². The first-order valence-corrected chi connectivity index (χ1v) is 11.0. The number of aryl methyl sites for hydroxylation is 1. The maximum atomic E-state index is 12.7. The van der Waals surface area contributed by atoms with Crippen molar-refractivity contribution < 1.29 is 14.6 Å². The Hall–Kier alpha value is -1.76. The molecule has 2 N–H and O–H groups in total. The maximum absolute atomic E-state index is 12.7. The van der Waals surface area contributed by atoms with Crippen LogP contribution in [0.4, 0.5) is 10.6 Å². The first-order valence-electron chi connectivity index (χ1n) is 11.0. The second-order valence-corrected chi connectivity index (χ2v) is 9.56. The maximum Gasteiger partial charge on any atom is 0.413 e. The van der Waals surface area contributed by atoms with E-state index in [1.54, 1.807) is 10.9 Å². The van der Waals surface area contributed by atoms with Crippen LogP contribution in [0.3, 0.4) is 0 Å². The van der Waals surface area contributed by atoms with Crippen molar-refractivity contribution in [2.45, 2.75) is 51.0 Å². The Bertz CT molecular complexity index is 697. The Kier molecular flexibility index (Phi) is 4.73. The Morgan fingerprint density at radius 2 is 1.82 bits per heavy atom. The molecule has 4 saturated carbocycles. The average molecular weight is 389 g/mol. The highest BCUT2D eigenvalue weighted by atomic mass is 16.6. The van der Waals surface area contributed by atoms with Crippen LogP contribution in [0.2, 0.25) is 0 Å². The molecule has 7 heteroatoms. The second-order valence-electron chi connectivity index (χ2n) is 9.56. The summed E-state index contributed by atoms with van der Waals surface area (Å²) < 4.78 is 7.54. The Morgan fingerprint density at radius 3 is 2.43 bits per heavy atom. The van der Waals surface area contributed by atoms with Gasteiger partial charge in [0.05, 0.1) is 6.20 Å². The fourth-order valence-corrected chi connectivity index (χ4v) is 6.60. The van der Waals surface area contributed by atoms with Crippen LogP contribution in [0.15, 0.2) is 6.20 Å². The molecule has 0 spiro atoms. The number of aliphatic hydroxyl groups excluding tert-OH is 1. The van der Waals surface area contributed by atoms with Gasteiger partial charge in [-0.05, 0) is 74.5 Å². The van der Waals surface area contributed by atoms with Gasteiger partial charge >= 0.3 is 6.09 Å². The number of piperidine rings is 1. The van der Waals surface area contributed by atoms with Gasteiger partial charge in [-0.15, -0.1) is 0 Å². The summed E-state index contributed by atoms with van der Waals surface area (Å²) in [5.74, 6) is 4.81. The highest BCUT2D eigenvalue weighted by molar-refractivity contribution is 5.73. The highest BCUT2D eigenvalue weighted by Gasteiger charge is 2.48. The molecule has 1 aliphatic heterocycles. The molecule has 5 fully saturated rings. The highest BCUT2D eigenvalue weighted by Crippen LogP contribution is 2.53. The van der Waals surface area contributed by atoms with Crippen molar-refractivity contribution >= 4 is 11.9 Å². The molecule has 1 amide bonds. The van der Waals surface area contributed by atoms with Crippen LogP contribution in [0.25, 0.3) is 0 Å². The Balaban J connectivity index is 1.24. The van der Waals surface area contributed by atoms with E-state index in [1.165, 1.54) is 32.1 Å². The van der Waals surface area contributed by atoms with E-state index in [9.17, 15) is 9.90 Å². The van der Waals surface area contributed by atoms with Gasteiger partial charge in [0.1, 0.15) is 0 Å². The van der Waals surface area contributed by atoms with Crippen molar-refractivity contribution in [2.24, 2.45) is 36.6 Å². The molecule has 6 rings (SSSR count). The molecular weight excluding hydrogens is 356 g/mol. The topological polar surface area (TPSA) is 79.6 Å². The standard InChI is InChI=1S/C21H32N4O3/c1-24-20(25-4-2-13(12-26)3-5-25)18(11-22-24)28-21(27)23-19-16-7-14-6-15(9-16)10-17(19)8-14/h11,13-17,19,26H,2-10,12H2,1H3,(H,23,27). The summed E-state index contributed by atoms with van der Waals surface area (Å²) >= 11 is 0. The van der Waals surface area contributed by atoms with E-state index in [4.69, 9.17) is 4.74 Å². The van der Waals surface area contributed by atoms with Gasteiger partial charge in [0.25, 0.3) is 0 Å². The SMILES string of the molecule is Cn1ncc(OC(=O)NC2C3CC4CC(C3)CC2C4)c1N1CCC(CO)CC1. The summed E-state index contributed by atoms with van der Waals surface area (Å²) in [6.45, 7) is 1.94. The average Bonchev–Trinajstić information content (AvgIpc) is 3.04. The number of rotatable bonds is 4.